The van der Waals surface area contributed by atoms with Crippen molar-refractivity contribution in [2.75, 3.05) is 5.73 Å². The normalized spacial score (nSPS) is 9.63. The number of nitriles is 2. The molecule has 92 valence electrons. The zero-order valence-corrected chi connectivity index (χ0v) is 10.1. The fourth-order valence-electron chi connectivity index (χ4n) is 1.75. The number of imidazole rings is 1. The summed E-state index contributed by atoms with van der Waals surface area (Å²) in [5.74, 6) is -0.132. The van der Waals surface area contributed by atoms with Crippen molar-refractivity contribution in [1.82, 2.24) is 9.55 Å². The van der Waals surface area contributed by atoms with Crippen molar-refractivity contribution in [2.45, 2.75) is 6.92 Å². The largest absolute Gasteiger partial charge is 0.398 e. The van der Waals surface area contributed by atoms with Crippen LogP contribution in [0.25, 0.3) is 5.69 Å². The van der Waals surface area contributed by atoms with E-state index >= 15 is 0 Å². The van der Waals surface area contributed by atoms with Gasteiger partial charge in [-0.05, 0) is 25.1 Å². The molecule has 0 atom stereocenters. The number of rotatable bonds is 2. The summed E-state index contributed by atoms with van der Waals surface area (Å²) in [6.45, 7) is 1.43. The summed E-state index contributed by atoms with van der Waals surface area (Å²) in [6.07, 6.45) is 1.37. The van der Waals surface area contributed by atoms with Crippen LogP contribution in [0.2, 0.25) is 0 Å². The van der Waals surface area contributed by atoms with E-state index in [1.54, 1.807) is 18.2 Å². The molecule has 0 amide bonds. The maximum absolute atomic E-state index is 11.3. The number of benzene rings is 1. The van der Waals surface area contributed by atoms with E-state index in [1.807, 2.05) is 12.1 Å². The van der Waals surface area contributed by atoms with Gasteiger partial charge in [0.25, 0.3) is 0 Å². The molecule has 1 aromatic carbocycles. The molecule has 0 aliphatic heterocycles. The molecular weight excluding hydrogens is 242 g/mol. The third kappa shape index (κ3) is 2.03. The SMILES string of the molecule is CC(=O)c1ccc(-n2cnc(C#N)c2C#N)cc1N. The van der Waals surface area contributed by atoms with Crippen molar-refractivity contribution in [3.05, 3.63) is 41.5 Å². The minimum absolute atomic E-state index is 0.0525. The van der Waals surface area contributed by atoms with Gasteiger partial charge in [-0.2, -0.15) is 10.5 Å². The van der Waals surface area contributed by atoms with Gasteiger partial charge in [-0.1, -0.05) is 0 Å². The summed E-state index contributed by atoms with van der Waals surface area (Å²) < 4.78 is 1.46. The van der Waals surface area contributed by atoms with Crippen LogP contribution in [0.15, 0.2) is 24.5 Å². The van der Waals surface area contributed by atoms with Crippen LogP contribution in [-0.4, -0.2) is 15.3 Å². The minimum atomic E-state index is -0.132. The molecule has 0 aliphatic carbocycles. The Morgan fingerprint density at radius 1 is 1.37 bits per heavy atom. The molecule has 1 aromatic heterocycles. The number of hydrogen-bond donors (Lipinski definition) is 1. The van der Waals surface area contributed by atoms with Crippen LogP contribution in [0.3, 0.4) is 0 Å². The number of hydrogen-bond acceptors (Lipinski definition) is 5. The molecule has 2 N–H and O–H groups in total. The number of anilines is 1. The number of Topliss-reactive ketones (excluding diaryl/α,β-unsaturated/α-hetero) is 1. The molecule has 0 spiro atoms. The van der Waals surface area contributed by atoms with Gasteiger partial charge in [0.15, 0.2) is 17.2 Å². The van der Waals surface area contributed by atoms with Gasteiger partial charge in [-0.15, -0.1) is 0 Å². The van der Waals surface area contributed by atoms with E-state index in [-0.39, 0.29) is 17.2 Å². The number of carbonyl (C=O) groups is 1. The number of aromatic nitrogens is 2. The summed E-state index contributed by atoms with van der Waals surface area (Å²) >= 11 is 0. The maximum atomic E-state index is 11.3. The topological polar surface area (TPSA) is 108 Å². The number of nitrogen functional groups attached to an aromatic ring is 1. The number of nitrogens with zero attached hydrogens (tertiary/aromatic N) is 4. The van der Waals surface area contributed by atoms with Gasteiger partial charge in [-0.25, -0.2) is 4.98 Å². The molecule has 0 saturated carbocycles. The number of ketones is 1. The third-order valence-electron chi connectivity index (χ3n) is 2.67. The van der Waals surface area contributed by atoms with Crippen molar-refractivity contribution in [2.24, 2.45) is 0 Å². The summed E-state index contributed by atoms with van der Waals surface area (Å²) in [6, 6.07) is 8.56. The fourth-order valence-corrected chi connectivity index (χ4v) is 1.75. The Balaban J connectivity index is 2.59. The van der Waals surface area contributed by atoms with Gasteiger partial charge in [0, 0.05) is 16.9 Å². The predicted molar refractivity (Wildman–Crippen MR) is 67.4 cm³/mol. The van der Waals surface area contributed by atoms with Crippen molar-refractivity contribution < 1.29 is 4.79 Å². The lowest BCUT2D eigenvalue weighted by Gasteiger charge is -2.07. The molecule has 2 rings (SSSR count). The molecule has 6 heteroatoms. The first-order valence-corrected chi connectivity index (χ1v) is 5.37. The predicted octanol–water partition coefficient (Wildman–Crippen LogP) is 1.40. The van der Waals surface area contributed by atoms with Crippen molar-refractivity contribution in [1.29, 1.82) is 10.5 Å². The molecule has 0 radical (unpaired) electrons. The number of carbonyl (C=O) groups excluding carboxylic acids is 1. The highest BCUT2D eigenvalue weighted by molar-refractivity contribution is 5.99. The van der Waals surface area contributed by atoms with Gasteiger partial charge < -0.3 is 5.73 Å². The lowest BCUT2D eigenvalue weighted by molar-refractivity contribution is 0.101. The summed E-state index contributed by atoms with van der Waals surface area (Å²) in [5, 5.41) is 17.9. The molecule has 19 heavy (non-hydrogen) atoms. The van der Waals surface area contributed by atoms with E-state index in [4.69, 9.17) is 16.3 Å². The standard InChI is InChI=1S/C13H9N5O/c1-8(19)10-3-2-9(4-11(10)16)18-7-17-12(5-14)13(18)6-15/h2-4,7H,16H2,1H3. The van der Waals surface area contributed by atoms with Crippen LogP contribution < -0.4 is 5.73 Å². The van der Waals surface area contributed by atoms with E-state index in [1.165, 1.54) is 17.8 Å². The highest BCUT2D eigenvalue weighted by Crippen LogP contribution is 2.20. The van der Waals surface area contributed by atoms with Crippen LogP contribution in [-0.2, 0) is 0 Å². The first-order valence-electron chi connectivity index (χ1n) is 5.37. The van der Waals surface area contributed by atoms with E-state index < -0.39 is 0 Å². The van der Waals surface area contributed by atoms with Gasteiger partial charge >= 0.3 is 0 Å². The van der Waals surface area contributed by atoms with Gasteiger partial charge in [0.2, 0.25) is 0 Å². The first-order chi connectivity index (χ1) is 9.08. The van der Waals surface area contributed by atoms with Crippen LogP contribution in [0.4, 0.5) is 5.69 Å². The smallest absolute Gasteiger partial charge is 0.177 e. The Labute approximate surface area is 109 Å². The maximum Gasteiger partial charge on any atom is 0.177 e. The van der Waals surface area contributed by atoms with E-state index in [0.29, 0.717) is 16.9 Å². The van der Waals surface area contributed by atoms with Gasteiger partial charge in [-0.3, -0.25) is 9.36 Å². The summed E-state index contributed by atoms with van der Waals surface area (Å²) in [7, 11) is 0. The Morgan fingerprint density at radius 3 is 2.63 bits per heavy atom. The van der Waals surface area contributed by atoms with Crippen LogP contribution in [0.1, 0.15) is 28.7 Å². The monoisotopic (exact) mass is 251 g/mol. The molecule has 1 heterocycles. The molecule has 6 nitrogen and oxygen atoms in total. The molecule has 0 bridgehead atoms. The molecular formula is C13H9N5O. The molecule has 0 unspecified atom stereocenters. The van der Waals surface area contributed by atoms with E-state index in [2.05, 4.69) is 4.98 Å². The molecule has 0 saturated heterocycles. The quantitative estimate of drug-likeness (QED) is 0.641. The molecule has 0 aliphatic rings. The minimum Gasteiger partial charge on any atom is -0.398 e. The lowest BCUT2D eigenvalue weighted by atomic mass is 10.1. The Bertz CT molecular complexity index is 745. The van der Waals surface area contributed by atoms with Crippen molar-refractivity contribution in [3.8, 4) is 17.8 Å². The van der Waals surface area contributed by atoms with E-state index in [0.717, 1.165) is 0 Å². The van der Waals surface area contributed by atoms with Crippen molar-refractivity contribution in [3.63, 3.8) is 0 Å². The molecule has 2 aromatic rings. The third-order valence-corrected chi connectivity index (χ3v) is 2.67. The highest BCUT2D eigenvalue weighted by Gasteiger charge is 2.13. The zero-order valence-electron chi connectivity index (χ0n) is 10.1. The van der Waals surface area contributed by atoms with Gasteiger partial charge in [0.1, 0.15) is 18.5 Å². The van der Waals surface area contributed by atoms with Crippen LogP contribution >= 0.6 is 0 Å². The van der Waals surface area contributed by atoms with Crippen molar-refractivity contribution >= 4 is 11.5 Å². The summed E-state index contributed by atoms with van der Waals surface area (Å²) in [5.41, 5.74) is 7.29. The highest BCUT2D eigenvalue weighted by atomic mass is 16.1. The van der Waals surface area contributed by atoms with Gasteiger partial charge in [0.05, 0.1) is 0 Å². The second-order valence-corrected chi connectivity index (χ2v) is 3.86. The average Bonchev–Trinajstić information content (AvgIpc) is 2.80. The zero-order chi connectivity index (χ0) is 14.0. The lowest BCUT2D eigenvalue weighted by Crippen LogP contribution is -2.03. The Hall–Kier alpha value is -3.12. The first kappa shape index (κ1) is 12.3. The number of nitrogens with two attached hydrogens (primary N) is 1. The fraction of sp³-hybridized carbons (Fsp3) is 0.0769. The Morgan fingerprint density at radius 2 is 2.11 bits per heavy atom. The van der Waals surface area contributed by atoms with Crippen LogP contribution in [0, 0.1) is 22.7 Å². The summed E-state index contributed by atoms with van der Waals surface area (Å²) in [4.78, 5) is 15.1. The van der Waals surface area contributed by atoms with Crippen LogP contribution in [0.5, 0.6) is 0 Å². The second kappa shape index (κ2) is 4.63. The molecule has 0 fully saturated rings. The second-order valence-electron chi connectivity index (χ2n) is 3.86. The van der Waals surface area contributed by atoms with E-state index in [9.17, 15) is 4.79 Å². The average molecular weight is 251 g/mol. The Kier molecular flexibility index (Phi) is 3.01.